The van der Waals surface area contributed by atoms with E-state index in [9.17, 15) is 5.26 Å². The minimum absolute atomic E-state index is 0.450. The molecule has 2 aromatic heterocycles. The molecule has 250 valence electrons. The van der Waals surface area contributed by atoms with Crippen LogP contribution in [0.15, 0.2) is 182 Å². The molecule has 0 N–H and O–H groups in total. The lowest BCUT2D eigenvalue weighted by Crippen LogP contribution is -2.01. The number of rotatable bonds is 5. The van der Waals surface area contributed by atoms with E-state index in [1.807, 2.05) is 24.3 Å². The Hall–Kier alpha value is -7.66. The van der Waals surface area contributed by atoms with Crippen LogP contribution in [0.3, 0.4) is 0 Å². The fourth-order valence-electron chi connectivity index (χ4n) is 8.31. The summed E-state index contributed by atoms with van der Waals surface area (Å²) in [5, 5.41) is 15.1. The quantitative estimate of drug-likeness (QED) is 0.166. The van der Waals surface area contributed by atoms with E-state index in [2.05, 4.69) is 160 Å². The van der Waals surface area contributed by atoms with E-state index in [0.29, 0.717) is 16.8 Å². The summed E-state index contributed by atoms with van der Waals surface area (Å²) < 4.78 is 4.81. The van der Waals surface area contributed by atoms with Gasteiger partial charge >= 0.3 is 0 Å². The van der Waals surface area contributed by atoms with E-state index in [0.717, 1.165) is 61.1 Å². The number of benzene rings is 8. The van der Waals surface area contributed by atoms with Crippen molar-refractivity contribution in [2.24, 2.45) is 0 Å². The first-order chi connectivity index (χ1) is 26.7. The minimum atomic E-state index is 0.450. The van der Waals surface area contributed by atoms with E-state index in [1.165, 1.54) is 21.7 Å². The Morgan fingerprint density at radius 3 is 1.78 bits per heavy atom. The van der Waals surface area contributed by atoms with Gasteiger partial charge in [-0.1, -0.05) is 133 Å². The second-order valence-corrected chi connectivity index (χ2v) is 13.5. The van der Waals surface area contributed by atoms with Crippen molar-refractivity contribution in [1.82, 2.24) is 9.13 Å². The van der Waals surface area contributed by atoms with Crippen molar-refractivity contribution in [3.63, 3.8) is 0 Å². The Bertz CT molecular complexity index is 3120. The lowest BCUT2D eigenvalue weighted by atomic mass is 9.87. The zero-order valence-electron chi connectivity index (χ0n) is 29.1. The third-order valence-corrected chi connectivity index (χ3v) is 10.6. The number of nitriles is 1. The maximum absolute atomic E-state index is 10.4. The highest BCUT2D eigenvalue weighted by Crippen LogP contribution is 2.47. The molecule has 0 fully saturated rings. The summed E-state index contributed by atoms with van der Waals surface area (Å²) in [5.74, 6) is 0. The Labute approximate surface area is 312 Å². The van der Waals surface area contributed by atoms with Gasteiger partial charge in [0.15, 0.2) is 5.69 Å². The number of hydrogen-bond acceptors (Lipinski definition) is 1. The summed E-state index contributed by atoms with van der Waals surface area (Å²) in [4.78, 5) is 3.92. The molecule has 0 bridgehead atoms. The number of aromatic nitrogens is 2. The zero-order chi connectivity index (χ0) is 36.2. The topological polar surface area (TPSA) is 38.0 Å². The van der Waals surface area contributed by atoms with Crippen LogP contribution in [0.5, 0.6) is 0 Å². The molecule has 10 aromatic rings. The SMILES string of the molecule is [C-]#[N+]c1cccc(C#N)c1-c1cc(-c2ccccc2)c(-n2c3ccccc3c3c2ccc2c4ccccc4n(-c4ccccc4)c23)cc1-c1ccccc1. The number of hydrogen-bond donors (Lipinski definition) is 0. The van der Waals surface area contributed by atoms with Crippen molar-refractivity contribution < 1.29 is 0 Å². The van der Waals surface area contributed by atoms with Gasteiger partial charge in [-0.25, -0.2) is 4.85 Å². The molecule has 0 aliphatic carbocycles. The molecule has 4 nitrogen and oxygen atoms in total. The van der Waals surface area contributed by atoms with Crippen LogP contribution in [0.4, 0.5) is 5.69 Å². The molecule has 0 radical (unpaired) electrons. The van der Waals surface area contributed by atoms with E-state index in [-0.39, 0.29) is 0 Å². The van der Waals surface area contributed by atoms with Gasteiger partial charge in [0.25, 0.3) is 0 Å². The summed E-state index contributed by atoms with van der Waals surface area (Å²) in [6.45, 7) is 8.13. The Kier molecular flexibility index (Phi) is 7.22. The first kappa shape index (κ1) is 31.1. The van der Waals surface area contributed by atoms with Crippen molar-refractivity contribution in [3.05, 3.63) is 199 Å². The Morgan fingerprint density at radius 1 is 0.481 bits per heavy atom. The van der Waals surface area contributed by atoms with Crippen LogP contribution in [-0.2, 0) is 0 Å². The molecule has 0 spiro atoms. The van der Waals surface area contributed by atoms with Crippen LogP contribution >= 0.6 is 0 Å². The van der Waals surface area contributed by atoms with Gasteiger partial charge in [-0.15, -0.1) is 0 Å². The van der Waals surface area contributed by atoms with Gasteiger partial charge < -0.3 is 9.13 Å². The molecule has 0 amide bonds. The highest BCUT2D eigenvalue weighted by Gasteiger charge is 2.25. The van der Waals surface area contributed by atoms with Crippen LogP contribution in [0.2, 0.25) is 0 Å². The normalized spacial score (nSPS) is 11.3. The fraction of sp³-hybridized carbons (Fsp3) is 0. The monoisotopic (exact) mass is 686 g/mol. The first-order valence-corrected chi connectivity index (χ1v) is 18.0. The summed E-state index contributed by atoms with van der Waals surface area (Å²) in [7, 11) is 0. The third kappa shape index (κ3) is 4.68. The minimum Gasteiger partial charge on any atom is -0.309 e. The predicted octanol–water partition coefficient (Wildman–Crippen LogP) is 13.3. The first-order valence-electron chi connectivity index (χ1n) is 18.0. The second kappa shape index (κ2) is 12.5. The van der Waals surface area contributed by atoms with Crippen molar-refractivity contribution in [2.45, 2.75) is 0 Å². The summed E-state index contributed by atoms with van der Waals surface area (Å²) >= 11 is 0. The summed E-state index contributed by atoms with van der Waals surface area (Å²) in [6.07, 6.45) is 0. The molecule has 2 heterocycles. The molecule has 0 aliphatic rings. The molecule has 0 saturated heterocycles. The molecule has 0 aliphatic heterocycles. The van der Waals surface area contributed by atoms with E-state index in [1.54, 1.807) is 18.2 Å². The standard InChI is InChI=1S/C50H30N4/c1-52-43-25-15-20-35(32-51)48(43)42-30-41(34-18-7-3-8-19-34)47(31-40(42)33-16-5-2-6-17-33)54-45-27-14-12-24-39(45)49-46(54)29-28-38-37-23-11-13-26-44(37)53(50(38)49)36-21-9-4-10-22-36/h2-31H. The Morgan fingerprint density at radius 2 is 1.09 bits per heavy atom. The maximum Gasteiger partial charge on any atom is 0.196 e. The lowest BCUT2D eigenvalue weighted by molar-refractivity contribution is 1.17. The second-order valence-electron chi connectivity index (χ2n) is 13.5. The highest BCUT2D eigenvalue weighted by atomic mass is 15.0. The molecule has 4 heteroatoms. The van der Waals surface area contributed by atoms with Crippen LogP contribution in [-0.4, -0.2) is 9.13 Å². The molecule has 0 saturated carbocycles. The number of para-hydroxylation sites is 3. The lowest BCUT2D eigenvalue weighted by Gasteiger charge is -2.21. The molecular weight excluding hydrogens is 657 g/mol. The van der Waals surface area contributed by atoms with Gasteiger partial charge in [0, 0.05) is 43.9 Å². The van der Waals surface area contributed by atoms with E-state index < -0.39 is 0 Å². The van der Waals surface area contributed by atoms with Gasteiger partial charge in [-0.3, -0.25) is 0 Å². The largest absolute Gasteiger partial charge is 0.309 e. The van der Waals surface area contributed by atoms with Gasteiger partial charge in [-0.2, -0.15) is 5.26 Å². The van der Waals surface area contributed by atoms with Crippen LogP contribution in [0.25, 0.3) is 93.2 Å². The molecular formula is C50H30N4. The van der Waals surface area contributed by atoms with Gasteiger partial charge in [-0.05, 0) is 70.8 Å². The van der Waals surface area contributed by atoms with Crippen molar-refractivity contribution in [1.29, 1.82) is 5.26 Å². The van der Waals surface area contributed by atoms with E-state index in [4.69, 9.17) is 6.57 Å². The van der Waals surface area contributed by atoms with Crippen molar-refractivity contribution in [3.8, 4) is 50.8 Å². The van der Waals surface area contributed by atoms with Crippen LogP contribution in [0.1, 0.15) is 5.56 Å². The van der Waals surface area contributed by atoms with Gasteiger partial charge in [0.2, 0.25) is 0 Å². The average molecular weight is 687 g/mol. The van der Waals surface area contributed by atoms with Crippen molar-refractivity contribution >= 4 is 49.3 Å². The van der Waals surface area contributed by atoms with Crippen molar-refractivity contribution in [2.75, 3.05) is 0 Å². The molecule has 0 atom stereocenters. The number of fused-ring (bicyclic) bond motifs is 7. The van der Waals surface area contributed by atoms with Crippen LogP contribution < -0.4 is 0 Å². The predicted molar refractivity (Wildman–Crippen MR) is 222 cm³/mol. The van der Waals surface area contributed by atoms with Crippen LogP contribution in [0, 0.1) is 17.9 Å². The Balaban J connectivity index is 1.40. The van der Waals surface area contributed by atoms with Gasteiger partial charge in [0.1, 0.15) is 0 Å². The summed E-state index contributed by atoms with van der Waals surface area (Å²) in [5.41, 5.74) is 13.0. The summed E-state index contributed by atoms with van der Waals surface area (Å²) in [6, 6.07) is 65.5. The molecule has 0 unspecified atom stereocenters. The smallest absolute Gasteiger partial charge is 0.196 e. The molecule has 54 heavy (non-hydrogen) atoms. The third-order valence-electron chi connectivity index (χ3n) is 10.6. The average Bonchev–Trinajstić information content (AvgIpc) is 3.77. The van der Waals surface area contributed by atoms with Gasteiger partial charge in [0.05, 0.1) is 40.4 Å². The molecule has 10 rings (SSSR count). The fourth-order valence-corrected chi connectivity index (χ4v) is 8.31. The highest BCUT2D eigenvalue weighted by molar-refractivity contribution is 6.26. The molecule has 8 aromatic carbocycles. The maximum atomic E-state index is 10.4. The number of nitrogens with zero attached hydrogens (tertiary/aromatic N) is 4. The zero-order valence-corrected chi connectivity index (χ0v) is 29.1. The van der Waals surface area contributed by atoms with E-state index >= 15 is 0 Å².